The molecule has 0 unspecified atom stereocenters. The molecule has 0 bridgehead atoms. The molecule has 322 valence electrons. The highest BCUT2D eigenvalue weighted by molar-refractivity contribution is 4.69. The molecule has 2 fully saturated rings. The maximum Gasteiger partial charge on any atom is 0.0719 e. The summed E-state index contributed by atoms with van der Waals surface area (Å²) in [7, 11) is 3.50. The van der Waals surface area contributed by atoms with Gasteiger partial charge in [-0.25, -0.2) is 0 Å². The van der Waals surface area contributed by atoms with Crippen molar-refractivity contribution < 1.29 is 9.57 Å². The van der Waals surface area contributed by atoms with Crippen LogP contribution in [0.1, 0.15) is 253 Å². The Morgan fingerprint density at radius 1 is 0.585 bits per heavy atom. The summed E-state index contributed by atoms with van der Waals surface area (Å²) >= 11 is 0. The minimum atomic E-state index is 0.590. The van der Waals surface area contributed by atoms with E-state index in [9.17, 15) is 0 Å². The lowest BCUT2D eigenvalue weighted by atomic mass is 9.82. The summed E-state index contributed by atoms with van der Waals surface area (Å²) < 4.78 is 5.31. The number of unbranched alkanes of at least 4 members (excludes halogenated alkanes) is 19. The number of nitrogens with zero attached hydrogens (tertiary/aromatic N) is 1. The highest BCUT2D eigenvalue weighted by Crippen LogP contribution is 2.30. The maximum absolute atomic E-state index is 5.51. The Kier molecular flexibility index (Phi) is 53.3. The first-order valence-corrected chi connectivity index (χ1v) is 24.0. The molecule has 0 atom stereocenters. The summed E-state index contributed by atoms with van der Waals surface area (Å²) in [5.74, 6) is 0.734. The fourth-order valence-electron chi connectivity index (χ4n) is 7.15. The first-order chi connectivity index (χ1) is 25.9. The SMILES string of the molecule is C1CCCCC1.C=CCCON(C)CC1CCOCC1.CCCCCCCC.CCCCCCCCCCCCCCC(C)(C)CCCCCC.CN. The summed E-state index contributed by atoms with van der Waals surface area (Å²) in [6, 6.07) is 0. The van der Waals surface area contributed by atoms with Gasteiger partial charge in [-0.05, 0) is 50.5 Å². The van der Waals surface area contributed by atoms with Crippen molar-refractivity contribution in [3.63, 3.8) is 0 Å². The molecule has 0 radical (unpaired) electrons. The first-order valence-electron chi connectivity index (χ1n) is 24.0. The highest BCUT2D eigenvalue weighted by atomic mass is 16.7. The number of rotatable bonds is 29. The zero-order chi connectivity index (χ0) is 39.9. The second-order valence-corrected chi connectivity index (χ2v) is 16.9. The summed E-state index contributed by atoms with van der Waals surface area (Å²) in [4.78, 5) is 5.51. The molecule has 1 saturated carbocycles. The Bertz CT molecular complexity index is 612. The van der Waals surface area contributed by atoms with Gasteiger partial charge < -0.3 is 10.5 Å². The smallest absolute Gasteiger partial charge is 0.0719 e. The van der Waals surface area contributed by atoms with Crippen LogP contribution in [0.2, 0.25) is 0 Å². The third kappa shape index (κ3) is 51.6. The second kappa shape index (κ2) is 49.6. The van der Waals surface area contributed by atoms with E-state index >= 15 is 0 Å². The molecule has 1 heterocycles. The standard InChI is InChI=1S/C23H48.C11H21NO2.C8H18.C6H12.CH5N/c1-5-7-9-11-12-13-14-15-16-17-18-20-22-23(3,4)21-19-10-8-6-2;1-3-4-7-14-12(2)10-11-5-8-13-9-6-11;1-3-5-7-8-6-4-2;1-2-4-6-5-3-1;1-2/h5-22H2,1-4H3;3,11H,1,4-10H2,2H3;3-8H2,1-2H3;1-6H2;2H2,1H3. The number of nitrogens with two attached hydrogens (primary N) is 1. The molecule has 0 aromatic rings. The summed E-state index contributed by atoms with van der Waals surface area (Å²) in [5.41, 5.74) is 5.09. The molecule has 0 spiro atoms. The summed E-state index contributed by atoms with van der Waals surface area (Å²) in [6.45, 7) is 21.3. The number of ether oxygens (including phenoxy) is 1. The van der Waals surface area contributed by atoms with Crippen LogP contribution in [0.25, 0.3) is 0 Å². The molecule has 0 aromatic heterocycles. The molecule has 1 aliphatic carbocycles. The first kappa shape index (κ1) is 56.9. The van der Waals surface area contributed by atoms with Crippen LogP contribution < -0.4 is 5.73 Å². The van der Waals surface area contributed by atoms with E-state index < -0.39 is 0 Å². The molecule has 2 rings (SSSR count). The predicted octanol–water partition coefficient (Wildman–Crippen LogP) is 16.2. The van der Waals surface area contributed by atoms with Crippen LogP contribution in [0.15, 0.2) is 12.7 Å². The van der Waals surface area contributed by atoms with E-state index in [1.807, 2.05) is 18.2 Å². The number of hydrogen-bond acceptors (Lipinski definition) is 4. The van der Waals surface area contributed by atoms with Crippen molar-refractivity contribution in [1.82, 2.24) is 5.06 Å². The molecular formula is C49H104N2O2. The van der Waals surface area contributed by atoms with Crippen LogP contribution in [0, 0.1) is 11.3 Å². The monoisotopic (exact) mass is 753 g/mol. The predicted molar refractivity (Wildman–Crippen MR) is 242 cm³/mol. The minimum absolute atomic E-state index is 0.590. The van der Waals surface area contributed by atoms with E-state index in [4.69, 9.17) is 9.57 Å². The van der Waals surface area contributed by atoms with E-state index in [1.165, 1.54) is 200 Å². The van der Waals surface area contributed by atoms with E-state index in [2.05, 4.69) is 53.9 Å². The van der Waals surface area contributed by atoms with Gasteiger partial charge in [-0.3, -0.25) is 4.84 Å². The largest absolute Gasteiger partial charge is 0.381 e. The van der Waals surface area contributed by atoms with Crippen molar-refractivity contribution in [2.45, 2.75) is 253 Å². The Balaban J connectivity index is -0.000000698. The van der Waals surface area contributed by atoms with Gasteiger partial charge in [-0.1, -0.05) is 227 Å². The van der Waals surface area contributed by atoms with Crippen molar-refractivity contribution in [3.05, 3.63) is 12.7 Å². The summed E-state index contributed by atoms with van der Waals surface area (Å²) in [5, 5.41) is 1.94. The van der Waals surface area contributed by atoms with Crippen LogP contribution in [0.5, 0.6) is 0 Å². The van der Waals surface area contributed by atoms with Gasteiger partial charge in [0.25, 0.3) is 0 Å². The van der Waals surface area contributed by atoms with E-state index in [-0.39, 0.29) is 0 Å². The topological polar surface area (TPSA) is 47.7 Å². The van der Waals surface area contributed by atoms with Crippen molar-refractivity contribution in [1.29, 1.82) is 0 Å². The number of hydrogen-bond donors (Lipinski definition) is 1. The molecule has 0 aromatic carbocycles. The van der Waals surface area contributed by atoms with Gasteiger partial charge in [-0.2, -0.15) is 5.06 Å². The highest BCUT2D eigenvalue weighted by Gasteiger charge is 2.17. The van der Waals surface area contributed by atoms with Gasteiger partial charge >= 0.3 is 0 Å². The van der Waals surface area contributed by atoms with Gasteiger partial charge in [0, 0.05) is 26.8 Å². The molecule has 4 heteroatoms. The minimum Gasteiger partial charge on any atom is -0.381 e. The molecular weight excluding hydrogens is 649 g/mol. The third-order valence-corrected chi connectivity index (χ3v) is 10.9. The quantitative estimate of drug-likeness (QED) is 0.0469. The lowest BCUT2D eigenvalue weighted by molar-refractivity contribution is -0.150. The van der Waals surface area contributed by atoms with Crippen LogP contribution in [0.4, 0.5) is 0 Å². The van der Waals surface area contributed by atoms with Gasteiger partial charge in [0.05, 0.1) is 6.61 Å². The van der Waals surface area contributed by atoms with E-state index in [0.717, 1.165) is 51.5 Å². The van der Waals surface area contributed by atoms with Crippen molar-refractivity contribution >= 4 is 0 Å². The van der Waals surface area contributed by atoms with Gasteiger partial charge in [-0.15, -0.1) is 6.58 Å². The van der Waals surface area contributed by atoms with Gasteiger partial charge in [0.2, 0.25) is 0 Å². The van der Waals surface area contributed by atoms with Crippen molar-refractivity contribution in [2.75, 3.05) is 40.5 Å². The average molecular weight is 753 g/mol. The fourth-order valence-corrected chi connectivity index (χ4v) is 7.15. The zero-order valence-corrected chi connectivity index (χ0v) is 38.4. The molecule has 0 amide bonds. The molecule has 53 heavy (non-hydrogen) atoms. The van der Waals surface area contributed by atoms with E-state index in [0.29, 0.717) is 5.41 Å². The Labute approximate surface area is 337 Å². The van der Waals surface area contributed by atoms with E-state index in [1.54, 1.807) is 0 Å². The lowest BCUT2D eigenvalue weighted by Crippen LogP contribution is -2.30. The van der Waals surface area contributed by atoms with Gasteiger partial charge in [0.15, 0.2) is 0 Å². The normalized spacial score (nSPS) is 14.5. The summed E-state index contributed by atoms with van der Waals surface area (Å²) in [6.07, 6.45) is 48.7. The van der Waals surface area contributed by atoms with Gasteiger partial charge in [0.1, 0.15) is 0 Å². The van der Waals surface area contributed by atoms with Crippen molar-refractivity contribution in [2.24, 2.45) is 17.1 Å². The third-order valence-electron chi connectivity index (χ3n) is 10.9. The Hall–Kier alpha value is -0.420. The van der Waals surface area contributed by atoms with Crippen LogP contribution in [-0.2, 0) is 9.57 Å². The maximum atomic E-state index is 5.51. The van der Waals surface area contributed by atoms with Crippen LogP contribution in [0.3, 0.4) is 0 Å². The Morgan fingerprint density at radius 3 is 1.25 bits per heavy atom. The molecule has 1 aliphatic heterocycles. The number of hydroxylamine groups is 2. The van der Waals surface area contributed by atoms with Crippen LogP contribution in [-0.4, -0.2) is 45.5 Å². The van der Waals surface area contributed by atoms with Crippen LogP contribution >= 0.6 is 0 Å². The fraction of sp³-hybridized carbons (Fsp3) is 0.959. The lowest BCUT2D eigenvalue weighted by Gasteiger charge is -2.26. The van der Waals surface area contributed by atoms with Crippen molar-refractivity contribution in [3.8, 4) is 0 Å². The molecule has 2 aliphatic rings. The molecule has 2 N–H and O–H groups in total. The molecule has 4 nitrogen and oxygen atoms in total. The Morgan fingerprint density at radius 2 is 0.906 bits per heavy atom. The zero-order valence-electron chi connectivity index (χ0n) is 38.4. The average Bonchev–Trinajstić information content (AvgIpc) is 3.18. The second-order valence-electron chi connectivity index (χ2n) is 16.9. The molecule has 1 saturated heterocycles.